The van der Waals surface area contributed by atoms with Crippen LogP contribution in [-0.2, 0) is 10.2 Å². The van der Waals surface area contributed by atoms with Crippen LogP contribution in [0.2, 0.25) is 0 Å². The van der Waals surface area contributed by atoms with Crippen molar-refractivity contribution in [3.05, 3.63) is 59.2 Å². The van der Waals surface area contributed by atoms with Crippen molar-refractivity contribution < 1.29 is 14.3 Å². The van der Waals surface area contributed by atoms with Gasteiger partial charge in [0, 0.05) is 25.8 Å². The number of likely N-dealkylation sites (tertiary alicyclic amines) is 1. The summed E-state index contributed by atoms with van der Waals surface area (Å²) in [6, 6.07) is 13.5. The van der Waals surface area contributed by atoms with Crippen LogP contribution < -0.4 is 9.64 Å². The third-order valence-corrected chi connectivity index (χ3v) is 5.86. The van der Waals surface area contributed by atoms with Crippen molar-refractivity contribution in [3.8, 4) is 5.75 Å². The fourth-order valence-corrected chi connectivity index (χ4v) is 4.49. The van der Waals surface area contributed by atoms with Crippen molar-refractivity contribution in [2.75, 3.05) is 32.1 Å². The summed E-state index contributed by atoms with van der Waals surface area (Å²) in [7, 11) is 3.40. The van der Waals surface area contributed by atoms with E-state index in [1.165, 1.54) is 0 Å². The second-order valence-electron chi connectivity index (χ2n) is 7.50. The second kappa shape index (κ2) is 6.41. The van der Waals surface area contributed by atoms with E-state index in [1.807, 2.05) is 61.3 Å². The molecule has 0 N–H and O–H groups in total. The number of piperidine rings is 1. The molecule has 0 saturated carbocycles. The summed E-state index contributed by atoms with van der Waals surface area (Å²) in [5, 5.41) is 0. The van der Waals surface area contributed by atoms with Gasteiger partial charge in [-0.15, -0.1) is 0 Å². The van der Waals surface area contributed by atoms with Crippen molar-refractivity contribution >= 4 is 17.5 Å². The van der Waals surface area contributed by atoms with Crippen LogP contribution in [0.5, 0.6) is 5.75 Å². The van der Waals surface area contributed by atoms with Crippen molar-refractivity contribution in [2.24, 2.45) is 0 Å². The molecule has 2 aliphatic rings. The number of hydrogen-bond acceptors (Lipinski definition) is 3. The van der Waals surface area contributed by atoms with Crippen LogP contribution in [0.25, 0.3) is 0 Å². The van der Waals surface area contributed by atoms with E-state index < -0.39 is 5.41 Å². The first-order chi connectivity index (χ1) is 13.0. The number of anilines is 1. The molecule has 1 unspecified atom stereocenters. The molecule has 0 aromatic heterocycles. The van der Waals surface area contributed by atoms with Gasteiger partial charge < -0.3 is 14.5 Å². The molecular formula is C22H24N2O3. The molecule has 1 atom stereocenters. The highest BCUT2D eigenvalue weighted by Crippen LogP contribution is 2.46. The lowest BCUT2D eigenvalue weighted by Crippen LogP contribution is -2.53. The molecule has 2 aromatic rings. The first-order valence-electron chi connectivity index (χ1n) is 9.29. The minimum Gasteiger partial charge on any atom is -0.496 e. The van der Waals surface area contributed by atoms with Gasteiger partial charge in [-0.3, -0.25) is 9.59 Å². The van der Waals surface area contributed by atoms with E-state index in [0.29, 0.717) is 24.4 Å². The van der Waals surface area contributed by atoms with Crippen molar-refractivity contribution in [2.45, 2.75) is 25.2 Å². The molecule has 2 amide bonds. The number of ether oxygens (including phenoxy) is 1. The summed E-state index contributed by atoms with van der Waals surface area (Å²) in [5.41, 5.74) is 2.93. The lowest BCUT2D eigenvalue weighted by Gasteiger charge is -2.39. The highest BCUT2D eigenvalue weighted by Gasteiger charge is 2.52. The Balaban J connectivity index is 1.70. The van der Waals surface area contributed by atoms with E-state index in [4.69, 9.17) is 4.74 Å². The maximum Gasteiger partial charge on any atom is 0.257 e. The van der Waals surface area contributed by atoms with Gasteiger partial charge in [-0.2, -0.15) is 0 Å². The van der Waals surface area contributed by atoms with Crippen molar-refractivity contribution in [1.29, 1.82) is 0 Å². The predicted octanol–water partition coefficient (Wildman–Crippen LogP) is 3.15. The minimum absolute atomic E-state index is 0.0780. The molecule has 0 aliphatic carbocycles. The van der Waals surface area contributed by atoms with E-state index in [1.54, 1.807) is 12.0 Å². The molecule has 27 heavy (non-hydrogen) atoms. The summed E-state index contributed by atoms with van der Waals surface area (Å²) in [6.45, 7) is 3.02. The smallest absolute Gasteiger partial charge is 0.257 e. The van der Waals surface area contributed by atoms with Crippen molar-refractivity contribution in [1.82, 2.24) is 4.90 Å². The second-order valence-corrected chi connectivity index (χ2v) is 7.50. The molecule has 140 valence electrons. The van der Waals surface area contributed by atoms with Gasteiger partial charge in [0.15, 0.2) is 0 Å². The number of methoxy groups -OCH3 is 1. The van der Waals surface area contributed by atoms with E-state index in [2.05, 4.69) is 0 Å². The molecular weight excluding hydrogens is 340 g/mol. The van der Waals surface area contributed by atoms with E-state index in [0.717, 1.165) is 29.7 Å². The number of carbonyl (C=O) groups excluding carboxylic acids is 2. The van der Waals surface area contributed by atoms with Gasteiger partial charge in [0.2, 0.25) is 5.91 Å². The lowest BCUT2D eigenvalue weighted by molar-refractivity contribution is -0.124. The molecule has 5 nitrogen and oxygen atoms in total. The molecule has 1 fully saturated rings. The van der Waals surface area contributed by atoms with Crippen molar-refractivity contribution in [3.63, 3.8) is 0 Å². The summed E-state index contributed by atoms with van der Waals surface area (Å²) in [4.78, 5) is 30.0. The van der Waals surface area contributed by atoms with Gasteiger partial charge in [-0.1, -0.05) is 24.3 Å². The van der Waals surface area contributed by atoms with Gasteiger partial charge in [-0.05, 0) is 49.1 Å². The number of likely N-dealkylation sites (N-methyl/N-ethyl adjacent to an activating group) is 1. The monoisotopic (exact) mass is 364 g/mol. The highest BCUT2D eigenvalue weighted by atomic mass is 16.5. The summed E-state index contributed by atoms with van der Waals surface area (Å²) in [5.74, 6) is 0.581. The molecule has 1 spiro atoms. The molecule has 5 heteroatoms. The van der Waals surface area contributed by atoms with Crippen LogP contribution in [-0.4, -0.2) is 44.0 Å². The zero-order valence-corrected chi connectivity index (χ0v) is 16.0. The average Bonchev–Trinajstić information content (AvgIpc) is 2.90. The van der Waals surface area contributed by atoms with Gasteiger partial charge in [0.25, 0.3) is 5.91 Å². The number of aryl methyl sites for hydroxylation is 1. The number of fused-ring (bicyclic) bond motifs is 2. The number of nitrogens with zero attached hydrogens (tertiary/aromatic N) is 2. The molecule has 0 bridgehead atoms. The largest absolute Gasteiger partial charge is 0.496 e. The van der Waals surface area contributed by atoms with E-state index in [9.17, 15) is 9.59 Å². The molecule has 2 aromatic carbocycles. The zero-order chi connectivity index (χ0) is 19.2. The normalized spacial score (nSPS) is 21.5. The number of rotatable bonds is 2. The maximum absolute atomic E-state index is 13.3. The van der Waals surface area contributed by atoms with Gasteiger partial charge >= 0.3 is 0 Å². The van der Waals surface area contributed by atoms with Crippen LogP contribution in [0.4, 0.5) is 5.69 Å². The summed E-state index contributed by atoms with van der Waals surface area (Å²) >= 11 is 0. The molecule has 0 radical (unpaired) electrons. The Kier molecular flexibility index (Phi) is 4.17. The predicted molar refractivity (Wildman–Crippen MR) is 104 cm³/mol. The van der Waals surface area contributed by atoms with E-state index >= 15 is 0 Å². The van der Waals surface area contributed by atoms with Crippen LogP contribution in [0.15, 0.2) is 42.5 Å². The van der Waals surface area contributed by atoms with Crippen LogP contribution in [0, 0.1) is 6.92 Å². The fourth-order valence-electron chi connectivity index (χ4n) is 4.49. The number of amides is 2. The first-order valence-corrected chi connectivity index (χ1v) is 9.29. The molecule has 4 rings (SSSR count). The fraction of sp³-hybridized carbons (Fsp3) is 0.364. The quantitative estimate of drug-likeness (QED) is 0.823. The Hall–Kier alpha value is -2.82. The topological polar surface area (TPSA) is 49.9 Å². The number of benzene rings is 2. The Labute approximate surface area is 159 Å². The average molecular weight is 364 g/mol. The number of para-hydroxylation sites is 1. The molecule has 2 aliphatic heterocycles. The minimum atomic E-state index is -0.642. The Morgan fingerprint density at radius 3 is 2.74 bits per heavy atom. The third-order valence-electron chi connectivity index (χ3n) is 5.86. The Bertz CT molecular complexity index is 924. The van der Waals surface area contributed by atoms with Crippen LogP contribution in [0.3, 0.4) is 0 Å². The van der Waals surface area contributed by atoms with Gasteiger partial charge in [-0.25, -0.2) is 0 Å². The van der Waals surface area contributed by atoms with Gasteiger partial charge in [0.05, 0.1) is 18.1 Å². The Morgan fingerprint density at radius 1 is 1.19 bits per heavy atom. The highest BCUT2D eigenvalue weighted by molar-refractivity contribution is 6.08. The maximum atomic E-state index is 13.3. The van der Waals surface area contributed by atoms with Gasteiger partial charge in [0.1, 0.15) is 5.75 Å². The number of carbonyl (C=O) groups is 2. The lowest BCUT2D eigenvalue weighted by atomic mass is 9.75. The van der Waals surface area contributed by atoms with E-state index in [-0.39, 0.29) is 11.8 Å². The Morgan fingerprint density at radius 2 is 1.96 bits per heavy atom. The molecule has 1 saturated heterocycles. The SMILES string of the molecule is COc1cc(C)ccc1C(=O)N1CCCC2(C1)C(=O)N(C)c1ccccc12. The van der Waals surface area contributed by atoms with Crippen LogP contribution in [0.1, 0.15) is 34.3 Å². The molecule has 2 heterocycles. The summed E-state index contributed by atoms with van der Waals surface area (Å²) < 4.78 is 5.43. The third kappa shape index (κ3) is 2.60. The zero-order valence-electron chi connectivity index (χ0n) is 16.0. The van der Waals surface area contributed by atoms with Crippen LogP contribution >= 0.6 is 0 Å². The first kappa shape index (κ1) is 17.6. The standard InChI is InChI=1S/C22H24N2O3/c1-15-9-10-16(19(13-15)27-3)20(25)24-12-6-11-22(14-24)17-7-4-5-8-18(17)23(2)21(22)26/h4-5,7-10,13H,6,11-12,14H2,1-3H3. The number of hydrogen-bond donors (Lipinski definition) is 0. The summed E-state index contributed by atoms with van der Waals surface area (Å²) in [6.07, 6.45) is 1.57.